The fraction of sp³-hybridized carbons (Fsp3) is 0.467. The second-order valence-electron chi connectivity index (χ2n) is 5.76. The summed E-state index contributed by atoms with van der Waals surface area (Å²) in [7, 11) is -1.37. The number of hydrogen-bond donors (Lipinski definition) is 0. The van der Waals surface area contributed by atoms with Crippen LogP contribution in [0.3, 0.4) is 0 Å². The van der Waals surface area contributed by atoms with Gasteiger partial charge in [-0.3, -0.25) is 0 Å². The van der Waals surface area contributed by atoms with Gasteiger partial charge in [0, 0.05) is 0 Å². The average Bonchev–Trinajstić information content (AvgIpc) is 2.26. The van der Waals surface area contributed by atoms with E-state index in [9.17, 15) is 0 Å². The van der Waals surface area contributed by atoms with Crippen LogP contribution in [0.4, 0.5) is 0 Å². The molecule has 0 saturated heterocycles. The first kappa shape index (κ1) is 13.2. The van der Waals surface area contributed by atoms with E-state index in [0.29, 0.717) is 5.04 Å². The lowest BCUT2D eigenvalue weighted by atomic mass is 10.2. The first-order valence-corrected chi connectivity index (χ1v) is 8.79. The Morgan fingerprint density at radius 3 is 2.00 bits per heavy atom. The molecular weight excluding hydrogens is 208 g/mol. The molecule has 1 heteroatoms. The summed E-state index contributed by atoms with van der Waals surface area (Å²) in [5, 5.41) is 1.98. The topological polar surface area (TPSA) is 0 Å². The standard InChI is InChI=1S/C15H24Si/c1-7-13-9-11-14(12-10-13)16(6,8-2)15(3,4)5/h7,9-12H,1,8H2,2-6H3. The minimum atomic E-state index is -1.37. The van der Waals surface area contributed by atoms with Gasteiger partial charge < -0.3 is 0 Å². The molecule has 0 radical (unpaired) electrons. The fourth-order valence-corrected chi connectivity index (χ4v) is 5.39. The number of hydrogen-bond acceptors (Lipinski definition) is 0. The zero-order valence-electron chi connectivity index (χ0n) is 11.3. The quantitative estimate of drug-likeness (QED) is 0.676. The molecular formula is C15H24Si. The molecule has 1 aromatic carbocycles. The van der Waals surface area contributed by atoms with Crippen molar-refractivity contribution in [2.45, 2.75) is 45.3 Å². The highest BCUT2D eigenvalue weighted by atomic mass is 28.3. The van der Waals surface area contributed by atoms with E-state index in [1.165, 1.54) is 11.6 Å². The molecule has 0 amide bonds. The predicted octanol–water partition coefficient (Wildman–Crippen LogP) is 4.44. The van der Waals surface area contributed by atoms with Crippen molar-refractivity contribution in [1.82, 2.24) is 0 Å². The molecule has 88 valence electrons. The zero-order chi connectivity index (χ0) is 12.4. The van der Waals surface area contributed by atoms with Crippen LogP contribution in [-0.4, -0.2) is 8.07 Å². The van der Waals surface area contributed by atoms with Crippen LogP contribution in [0.2, 0.25) is 17.6 Å². The maximum absolute atomic E-state index is 3.80. The summed E-state index contributed by atoms with van der Waals surface area (Å²) in [5.41, 5.74) is 1.21. The molecule has 0 spiro atoms. The molecule has 1 aromatic rings. The monoisotopic (exact) mass is 232 g/mol. The van der Waals surface area contributed by atoms with E-state index < -0.39 is 8.07 Å². The van der Waals surface area contributed by atoms with Gasteiger partial charge in [0.1, 0.15) is 0 Å². The lowest BCUT2D eigenvalue weighted by molar-refractivity contribution is 0.722. The Bertz CT molecular complexity index is 356. The molecule has 0 aliphatic carbocycles. The highest BCUT2D eigenvalue weighted by molar-refractivity contribution is 6.93. The van der Waals surface area contributed by atoms with E-state index >= 15 is 0 Å². The highest BCUT2D eigenvalue weighted by Crippen LogP contribution is 2.38. The Balaban J connectivity index is 3.18. The van der Waals surface area contributed by atoms with Crippen molar-refractivity contribution in [1.29, 1.82) is 0 Å². The van der Waals surface area contributed by atoms with Crippen LogP contribution in [0.15, 0.2) is 30.8 Å². The SMILES string of the molecule is C=Cc1ccc([Si](C)(CC)C(C)(C)C)cc1. The first-order chi connectivity index (χ1) is 7.35. The van der Waals surface area contributed by atoms with Crippen LogP contribution < -0.4 is 5.19 Å². The molecule has 0 N–H and O–H groups in total. The van der Waals surface area contributed by atoms with Gasteiger partial charge in [0.15, 0.2) is 0 Å². The van der Waals surface area contributed by atoms with Crippen molar-refractivity contribution in [3.63, 3.8) is 0 Å². The molecule has 1 rings (SSSR count). The third-order valence-corrected chi connectivity index (χ3v) is 10.5. The second kappa shape index (κ2) is 4.58. The van der Waals surface area contributed by atoms with Crippen molar-refractivity contribution in [3.8, 4) is 0 Å². The van der Waals surface area contributed by atoms with E-state index in [4.69, 9.17) is 0 Å². The van der Waals surface area contributed by atoms with Crippen LogP contribution in [-0.2, 0) is 0 Å². The molecule has 1 atom stereocenters. The van der Waals surface area contributed by atoms with Gasteiger partial charge in [-0.05, 0) is 10.6 Å². The van der Waals surface area contributed by atoms with Crippen LogP contribution in [0.25, 0.3) is 6.08 Å². The van der Waals surface area contributed by atoms with Crippen LogP contribution in [0.1, 0.15) is 33.3 Å². The predicted molar refractivity (Wildman–Crippen MR) is 78.0 cm³/mol. The number of benzene rings is 1. The van der Waals surface area contributed by atoms with Gasteiger partial charge in [-0.1, -0.05) is 82.4 Å². The second-order valence-corrected chi connectivity index (χ2v) is 11.2. The van der Waals surface area contributed by atoms with Crippen molar-refractivity contribution < 1.29 is 0 Å². The first-order valence-electron chi connectivity index (χ1n) is 6.08. The molecule has 0 aliphatic heterocycles. The summed E-state index contributed by atoms with van der Waals surface area (Å²) in [6.07, 6.45) is 1.91. The van der Waals surface area contributed by atoms with E-state index in [-0.39, 0.29) is 0 Å². The molecule has 16 heavy (non-hydrogen) atoms. The van der Waals surface area contributed by atoms with Crippen molar-refractivity contribution in [2.75, 3.05) is 0 Å². The Morgan fingerprint density at radius 2 is 1.69 bits per heavy atom. The fourth-order valence-electron chi connectivity index (χ4n) is 2.15. The molecule has 1 unspecified atom stereocenters. The third kappa shape index (κ3) is 2.30. The molecule has 0 aromatic heterocycles. The highest BCUT2D eigenvalue weighted by Gasteiger charge is 2.39. The van der Waals surface area contributed by atoms with Gasteiger partial charge in [-0.2, -0.15) is 0 Å². The van der Waals surface area contributed by atoms with Gasteiger partial charge >= 0.3 is 0 Å². The zero-order valence-corrected chi connectivity index (χ0v) is 12.3. The van der Waals surface area contributed by atoms with E-state index in [2.05, 4.69) is 65.1 Å². The molecule has 0 nitrogen and oxygen atoms in total. The molecule has 0 heterocycles. The maximum Gasteiger partial charge on any atom is 0.0886 e. The van der Waals surface area contributed by atoms with Gasteiger partial charge in [0.05, 0.1) is 8.07 Å². The summed E-state index contributed by atoms with van der Waals surface area (Å²) in [6.45, 7) is 15.8. The molecule has 0 fully saturated rings. The smallest absolute Gasteiger partial charge is 0.0886 e. The van der Waals surface area contributed by atoms with Gasteiger partial charge in [0.25, 0.3) is 0 Å². The minimum Gasteiger partial charge on any atom is -0.0985 e. The van der Waals surface area contributed by atoms with Crippen molar-refractivity contribution in [3.05, 3.63) is 36.4 Å². The van der Waals surface area contributed by atoms with E-state index in [1.54, 1.807) is 5.19 Å². The molecule has 0 saturated carbocycles. The van der Waals surface area contributed by atoms with Gasteiger partial charge in [-0.15, -0.1) is 0 Å². The Hall–Kier alpha value is -0.823. The summed E-state index contributed by atoms with van der Waals surface area (Å²) in [6, 6.07) is 10.3. The minimum absolute atomic E-state index is 0.414. The molecule has 0 aliphatic rings. The normalized spacial score (nSPS) is 15.6. The summed E-state index contributed by atoms with van der Waals surface area (Å²) in [4.78, 5) is 0. The van der Waals surface area contributed by atoms with Crippen molar-refractivity contribution in [2.24, 2.45) is 0 Å². The van der Waals surface area contributed by atoms with E-state index in [0.717, 1.165) is 0 Å². The summed E-state index contributed by atoms with van der Waals surface area (Å²) >= 11 is 0. The third-order valence-electron chi connectivity index (χ3n) is 4.15. The Labute approximate surface area is 101 Å². The van der Waals surface area contributed by atoms with Gasteiger partial charge in [0.2, 0.25) is 0 Å². The largest absolute Gasteiger partial charge is 0.0985 e. The summed E-state index contributed by atoms with van der Waals surface area (Å²) < 4.78 is 0. The van der Waals surface area contributed by atoms with Crippen LogP contribution >= 0.6 is 0 Å². The number of rotatable bonds is 3. The van der Waals surface area contributed by atoms with E-state index in [1.807, 2.05) is 6.08 Å². The van der Waals surface area contributed by atoms with Crippen LogP contribution in [0, 0.1) is 0 Å². The lowest BCUT2D eigenvalue weighted by Gasteiger charge is -2.40. The maximum atomic E-state index is 3.80. The van der Waals surface area contributed by atoms with Gasteiger partial charge in [-0.25, -0.2) is 0 Å². The average molecular weight is 232 g/mol. The Kier molecular flexibility index (Phi) is 3.79. The Morgan fingerprint density at radius 1 is 1.19 bits per heavy atom. The van der Waals surface area contributed by atoms with Crippen LogP contribution in [0.5, 0.6) is 0 Å². The van der Waals surface area contributed by atoms with Crippen molar-refractivity contribution >= 4 is 19.3 Å². The lowest BCUT2D eigenvalue weighted by Crippen LogP contribution is -2.51. The summed E-state index contributed by atoms with van der Waals surface area (Å²) in [5.74, 6) is 0. The molecule has 0 bridgehead atoms.